The lowest BCUT2D eigenvalue weighted by Gasteiger charge is -2.07. The Labute approximate surface area is 322 Å². The Morgan fingerprint density at radius 3 is 0.875 bits per heavy atom. The van der Waals surface area contributed by atoms with Crippen LogP contribution in [0.4, 0.5) is 0 Å². The van der Waals surface area contributed by atoms with Crippen LogP contribution in [0.25, 0.3) is 121 Å². The first-order chi connectivity index (χ1) is 27.8. The standard InChI is InChI=1S/C54H32N2/c1-5-13-33(14-6-1)37-23-27-45-43(29-37)51-49-41-25-21-40(36-19-11-4-12-20-36)32-48(41)56-46-28-24-38(34-15-7-2-8-16-34)30-44(46)52(54(49)56)50-42-26-22-39(35-17-9-3-10-18-35)31-47(42)55(45)53(50)51/h1-32H. The normalized spacial score (nSPS) is 12.3. The highest BCUT2D eigenvalue weighted by Gasteiger charge is 2.29. The lowest BCUT2D eigenvalue weighted by Crippen LogP contribution is -1.83. The van der Waals surface area contributed by atoms with E-state index in [1.54, 1.807) is 0 Å². The van der Waals surface area contributed by atoms with Crippen molar-refractivity contribution in [3.8, 4) is 44.5 Å². The fourth-order valence-electron chi connectivity index (χ4n) is 9.92. The SMILES string of the molecule is c1ccc(-c2ccc3c(c2)c2c4c5ccc(-c6ccccc6)cc5n5c6ccc(-c7ccccc7)cc6c(c6c7ccc(-c8ccccc8)cc7n3c26)c45)cc1. The summed E-state index contributed by atoms with van der Waals surface area (Å²) in [6.45, 7) is 0. The molecule has 13 rings (SSSR count). The summed E-state index contributed by atoms with van der Waals surface area (Å²) in [5.41, 5.74) is 17.4. The van der Waals surface area contributed by atoms with Gasteiger partial charge < -0.3 is 8.80 Å². The average molecular weight is 709 g/mol. The molecule has 0 saturated heterocycles. The molecule has 0 aliphatic rings. The van der Waals surface area contributed by atoms with E-state index in [1.807, 2.05) is 0 Å². The van der Waals surface area contributed by atoms with Gasteiger partial charge in [0.15, 0.2) is 0 Å². The largest absolute Gasteiger partial charge is 0.308 e. The fourth-order valence-corrected chi connectivity index (χ4v) is 9.92. The van der Waals surface area contributed by atoms with Gasteiger partial charge in [0.25, 0.3) is 0 Å². The van der Waals surface area contributed by atoms with Crippen molar-refractivity contribution in [1.82, 2.24) is 8.80 Å². The number of rotatable bonds is 4. The second-order valence-corrected chi connectivity index (χ2v) is 15.3. The van der Waals surface area contributed by atoms with Crippen molar-refractivity contribution >= 4 is 76.2 Å². The molecule has 2 heteroatoms. The third-order valence-electron chi connectivity index (χ3n) is 12.4. The second-order valence-electron chi connectivity index (χ2n) is 15.3. The van der Waals surface area contributed by atoms with E-state index in [4.69, 9.17) is 0 Å². The fraction of sp³-hybridized carbons (Fsp3) is 0. The van der Waals surface area contributed by atoms with Crippen LogP contribution < -0.4 is 0 Å². The maximum atomic E-state index is 2.58. The lowest BCUT2D eigenvalue weighted by molar-refractivity contribution is 1.37. The smallest absolute Gasteiger partial charge is 0.0634 e. The van der Waals surface area contributed by atoms with E-state index < -0.39 is 0 Å². The van der Waals surface area contributed by atoms with Gasteiger partial charge in [-0.25, -0.2) is 0 Å². The minimum Gasteiger partial charge on any atom is -0.308 e. The molecule has 0 unspecified atom stereocenters. The van der Waals surface area contributed by atoms with Crippen LogP contribution in [0.5, 0.6) is 0 Å². The molecule has 2 nitrogen and oxygen atoms in total. The molecule has 4 aromatic heterocycles. The van der Waals surface area contributed by atoms with Crippen LogP contribution in [0.2, 0.25) is 0 Å². The predicted molar refractivity (Wildman–Crippen MR) is 238 cm³/mol. The first kappa shape index (κ1) is 30.0. The molecule has 0 aliphatic heterocycles. The van der Waals surface area contributed by atoms with E-state index >= 15 is 0 Å². The van der Waals surface area contributed by atoms with Crippen LogP contribution >= 0.6 is 0 Å². The van der Waals surface area contributed by atoms with Crippen molar-refractivity contribution in [2.45, 2.75) is 0 Å². The van der Waals surface area contributed by atoms with Crippen molar-refractivity contribution in [1.29, 1.82) is 0 Å². The van der Waals surface area contributed by atoms with E-state index in [0.29, 0.717) is 0 Å². The summed E-state index contributed by atoms with van der Waals surface area (Å²) in [6.07, 6.45) is 0. The van der Waals surface area contributed by atoms with Gasteiger partial charge in [0, 0.05) is 43.1 Å². The Morgan fingerprint density at radius 1 is 0.214 bits per heavy atom. The van der Waals surface area contributed by atoms with Crippen LogP contribution in [0.15, 0.2) is 194 Å². The Morgan fingerprint density at radius 2 is 0.518 bits per heavy atom. The predicted octanol–water partition coefficient (Wildman–Crippen LogP) is 14.7. The number of benzene rings is 9. The highest BCUT2D eigenvalue weighted by atomic mass is 14.9. The molecular formula is C54H32N2. The first-order valence-electron chi connectivity index (χ1n) is 19.4. The minimum absolute atomic E-state index is 1.23. The third kappa shape index (κ3) is 3.95. The van der Waals surface area contributed by atoms with E-state index in [2.05, 4.69) is 203 Å². The minimum atomic E-state index is 1.23. The Balaban J connectivity index is 1.28. The number of nitrogens with zero attached hydrogens (tertiary/aromatic N) is 2. The van der Waals surface area contributed by atoms with Gasteiger partial charge in [0.2, 0.25) is 0 Å². The topological polar surface area (TPSA) is 8.82 Å². The zero-order valence-electron chi connectivity index (χ0n) is 30.4. The van der Waals surface area contributed by atoms with Gasteiger partial charge in [0.1, 0.15) is 0 Å². The molecular weight excluding hydrogens is 677 g/mol. The molecule has 4 heterocycles. The summed E-state index contributed by atoms with van der Waals surface area (Å²) in [4.78, 5) is 0. The molecule has 258 valence electrons. The molecule has 0 saturated carbocycles. The summed E-state index contributed by atoms with van der Waals surface area (Å²) in [5.74, 6) is 0. The van der Waals surface area contributed by atoms with E-state index in [1.165, 1.54) is 121 Å². The number of hydrogen-bond donors (Lipinski definition) is 0. The number of fused-ring (bicyclic) bond motifs is 14. The zero-order chi connectivity index (χ0) is 36.5. The molecule has 0 spiro atoms. The maximum Gasteiger partial charge on any atom is 0.0634 e. The van der Waals surface area contributed by atoms with Crippen molar-refractivity contribution in [3.63, 3.8) is 0 Å². The highest BCUT2D eigenvalue weighted by molar-refractivity contribution is 6.45. The van der Waals surface area contributed by atoms with Gasteiger partial charge in [-0.05, 0) is 80.9 Å². The van der Waals surface area contributed by atoms with Crippen molar-refractivity contribution < 1.29 is 0 Å². The quantitative estimate of drug-likeness (QED) is 0.172. The first-order valence-corrected chi connectivity index (χ1v) is 19.4. The Hall–Kier alpha value is -7.42. The Bertz CT molecular complexity index is 3410. The van der Waals surface area contributed by atoms with Crippen molar-refractivity contribution in [2.75, 3.05) is 0 Å². The van der Waals surface area contributed by atoms with Gasteiger partial charge >= 0.3 is 0 Å². The third-order valence-corrected chi connectivity index (χ3v) is 12.4. The molecule has 0 aliphatic carbocycles. The van der Waals surface area contributed by atoms with Gasteiger partial charge in [0.05, 0.1) is 33.1 Å². The van der Waals surface area contributed by atoms with Gasteiger partial charge in [-0.3, -0.25) is 0 Å². The Kier molecular flexibility index (Phi) is 5.92. The summed E-state index contributed by atoms with van der Waals surface area (Å²) < 4.78 is 5.15. The number of aromatic nitrogens is 2. The van der Waals surface area contributed by atoms with Crippen LogP contribution in [-0.4, -0.2) is 8.80 Å². The summed E-state index contributed by atoms with van der Waals surface area (Å²) in [5, 5.41) is 10.5. The van der Waals surface area contributed by atoms with E-state index in [0.717, 1.165) is 0 Å². The average Bonchev–Trinajstić information content (AvgIpc) is 4.00. The van der Waals surface area contributed by atoms with Crippen LogP contribution in [0.3, 0.4) is 0 Å². The summed E-state index contributed by atoms with van der Waals surface area (Å²) in [7, 11) is 0. The van der Waals surface area contributed by atoms with E-state index in [9.17, 15) is 0 Å². The van der Waals surface area contributed by atoms with Gasteiger partial charge in [-0.15, -0.1) is 0 Å². The van der Waals surface area contributed by atoms with Crippen LogP contribution in [0, 0.1) is 0 Å². The molecule has 0 amide bonds. The zero-order valence-corrected chi connectivity index (χ0v) is 30.4. The molecule has 13 aromatic rings. The van der Waals surface area contributed by atoms with Crippen LogP contribution in [-0.2, 0) is 0 Å². The van der Waals surface area contributed by atoms with Crippen molar-refractivity contribution in [3.05, 3.63) is 194 Å². The summed E-state index contributed by atoms with van der Waals surface area (Å²) in [6, 6.07) is 71.6. The molecule has 0 bridgehead atoms. The number of hydrogen-bond acceptors (Lipinski definition) is 0. The molecule has 0 N–H and O–H groups in total. The maximum absolute atomic E-state index is 2.58. The molecule has 0 radical (unpaired) electrons. The molecule has 9 aromatic carbocycles. The van der Waals surface area contributed by atoms with Gasteiger partial charge in [-0.2, -0.15) is 0 Å². The molecule has 56 heavy (non-hydrogen) atoms. The molecule has 0 fully saturated rings. The van der Waals surface area contributed by atoms with Gasteiger partial charge in [-0.1, -0.05) is 158 Å². The monoisotopic (exact) mass is 708 g/mol. The summed E-state index contributed by atoms with van der Waals surface area (Å²) >= 11 is 0. The lowest BCUT2D eigenvalue weighted by atomic mass is 9.94. The van der Waals surface area contributed by atoms with Crippen molar-refractivity contribution in [2.24, 2.45) is 0 Å². The highest BCUT2D eigenvalue weighted by Crippen LogP contribution is 2.53. The van der Waals surface area contributed by atoms with Crippen LogP contribution in [0.1, 0.15) is 0 Å². The second kappa shape index (κ2) is 11.1. The molecule has 0 atom stereocenters. The van der Waals surface area contributed by atoms with E-state index in [-0.39, 0.29) is 0 Å².